The van der Waals surface area contributed by atoms with Crippen LogP contribution in [-0.2, 0) is 6.18 Å². The standard InChI is InChI=1S/C18H13F3N4O2/c1-11-9-14(25-17(23-11)18(19,20)21)16(26)24-12-5-4-6-13(10-12)27-15-7-2-3-8-22-15/h2-10H,1H3,(H,24,26). The van der Waals surface area contributed by atoms with Crippen LogP contribution in [-0.4, -0.2) is 20.9 Å². The van der Waals surface area contributed by atoms with Gasteiger partial charge in [-0.15, -0.1) is 0 Å². The number of aryl methyl sites for hydroxylation is 1. The average Bonchev–Trinajstić information content (AvgIpc) is 2.61. The van der Waals surface area contributed by atoms with Gasteiger partial charge in [0, 0.05) is 29.7 Å². The molecule has 2 heterocycles. The molecule has 0 aliphatic carbocycles. The fourth-order valence-electron chi connectivity index (χ4n) is 2.17. The van der Waals surface area contributed by atoms with E-state index < -0.39 is 17.9 Å². The second-order valence-electron chi connectivity index (χ2n) is 5.47. The summed E-state index contributed by atoms with van der Waals surface area (Å²) in [5.74, 6) is -1.38. The highest BCUT2D eigenvalue weighted by atomic mass is 19.4. The van der Waals surface area contributed by atoms with Crippen LogP contribution < -0.4 is 10.1 Å². The number of halogens is 3. The van der Waals surface area contributed by atoms with Crippen molar-refractivity contribution in [1.29, 1.82) is 0 Å². The van der Waals surface area contributed by atoms with Crippen molar-refractivity contribution in [3.05, 3.63) is 71.9 Å². The Balaban J connectivity index is 1.79. The highest BCUT2D eigenvalue weighted by Gasteiger charge is 2.35. The Kier molecular flexibility index (Phi) is 5.02. The predicted molar refractivity (Wildman–Crippen MR) is 90.5 cm³/mol. The molecule has 0 fully saturated rings. The lowest BCUT2D eigenvalue weighted by molar-refractivity contribution is -0.145. The number of rotatable bonds is 4. The van der Waals surface area contributed by atoms with Crippen LogP contribution in [0.3, 0.4) is 0 Å². The van der Waals surface area contributed by atoms with Crippen molar-refractivity contribution in [1.82, 2.24) is 15.0 Å². The molecular formula is C18H13F3N4O2. The van der Waals surface area contributed by atoms with Gasteiger partial charge in [0.25, 0.3) is 5.91 Å². The lowest BCUT2D eigenvalue weighted by Crippen LogP contribution is -2.19. The highest BCUT2D eigenvalue weighted by molar-refractivity contribution is 6.03. The second-order valence-corrected chi connectivity index (χ2v) is 5.47. The molecule has 1 aromatic carbocycles. The number of aromatic nitrogens is 3. The lowest BCUT2D eigenvalue weighted by Gasteiger charge is -2.10. The minimum atomic E-state index is -4.74. The molecular weight excluding hydrogens is 361 g/mol. The van der Waals surface area contributed by atoms with Crippen molar-refractivity contribution in [3.8, 4) is 11.6 Å². The van der Waals surface area contributed by atoms with Crippen LogP contribution in [0.15, 0.2) is 54.7 Å². The molecule has 3 aromatic rings. The minimum absolute atomic E-state index is 0.0368. The molecule has 0 saturated carbocycles. The summed E-state index contributed by atoms with van der Waals surface area (Å²) < 4.78 is 44.0. The monoisotopic (exact) mass is 374 g/mol. The molecule has 0 aliphatic heterocycles. The van der Waals surface area contributed by atoms with Crippen molar-refractivity contribution in [3.63, 3.8) is 0 Å². The zero-order chi connectivity index (χ0) is 19.4. The Morgan fingerprint density at radius 3 is 2.59 bits per heavy atom. The molecule has 1 N–H and O–H groups in total. The van der Waals surface area contributed by atoms with E-state index in [1.54, 1.807) is 42.6 Å². The molecule has 0 aliphatic rings. The van der Waals surface area contributed by atoms with Gasteiger partial charge >= 0.3 is 6.18 Å². The molecule has 0 spiro atoms. The molecule has 1 amide bonds. The number of hydrogen-bond acceptors (Lipinski definition) is 5. The summed E-state index contributed by atoms with van der Waals surface area (Å²) in [6.07, 6.45) is -3.17. The Morgan fingerprint density at radius 1 is 1.07 bits per heavy atom. The maximum Gasteiger partial charge on any atom is 0.451 e. The minimum Gasteiger partial charge on any atom is -0.439 e. The van der Waals surface area contributed by atoms with E-state index >= 15 is 0 Å². The summed E-state index contributed by atoms with van der Waals surface area (Å²) in [7, 11) is 0. The van der Waals surface area contributed by atoms with Crippen LogP contribution in [0, 0.1) is 6.92 Å². The van der Waals surface area contributed by atoms with E-state index in [4.69, 9.17) is 4.74 Å². The van der Waals surface area contributed by atoms with Crippen molar-refractivity contribution in [2.24, 2.45) is 0 Å². The number of amides is 1. The largest absolute Gasteiger partial charge is 0.451 e. The third-order valence-electron chi connectivity index (χ3n) is 3.29. The molecule has 138 valence electrons. The molecule has 6 nitrogen and oxygen atoms in total. The molecule has 27 heavy (non-hydrogen) atoms. The summed E-state index contributed by atoms with van der Waals surface area (Å²) in [5, 5.41) is 2.49. The Hall–Kier alpha value is -3.49. The second kappa shape index (κ2) is 7.40. The maximum atomic E-state index is 12.8. The Labute approximate surface area is 152 Å². The van der Waals surface area contributed by atoms with Gasteiger partial charge < -0.3 is 10.1 Å². The van der Waals surface area contributed by atoms with Gasteiger partial charge in [0.05, 0.1) is 0 Å². The number of nitrogens with one attached hydrogen (secondary N) is 1. The van der Waals surface area contributed by atoms with Crippen LogP contribution in [0.1, 0.15) is 22.0 Å². The van der Waals surface area contributed by atoms with E-state index in [0.29, 0.717) is 17.3 Å². The summed E-state index contributed by atoms with van der Waals surface area (Å²) >= 11 is 0. The number of pyridine rings is 1. The van der Waals surface area contributed by atoms with Crippen LogP contribution in [0.25, 0.3) is 0 Å². The number of carbonyl (C=O) groups is 1. The zero-order valence-corrected chi connectivity index (χ0v) is 14.0. The zero-order valence-electron chi connectivity index (χ0n) is 14.0. The third kappa shape index (κ3) is 4.78. The summed E-state index contributed by atoms with van der Waals surface area (Å²) in [6, 6.07) is 12.7. The maximum absolute atomic E-state index is 12.8. The fourth-order valence-corrected chi connectivity index (χ4v) is 2.17. The number of anilines is 1. The molecule has 2 aromatic heterocycles. The molecule has 0 unspecified atom stereocenters. The first-order chi connectivity index (χ1) is 12.8. The van der Waals surface area contributed by atoms with Crippen molar-refractivity contribution < 1.29 is 22.7 Å². The van der Waals surface area contributed by atoms with Gasteiger partial charge in [-0.1, -0.05) is 12.1 Å². The summed E-state index contributed by atoms with van der Waals surface area (Å²) in [5.41, 5.74) is -0.0150. The molecule has 0 atom stereocenters. The van der Waals surface area contributed by atoms with Crippen molar-refractivity contribution in [2.45, 2.75) is 13.1 Å². The van der Waals surface area contributed by atoms with Gasteiger partial charge in [0.1, 0.15) is 11.4 Å². The molecule has 0 radical (unpaired) electrons. The number of nitrogens with zero attached hydrogens (tertiary/aromatic N) is 3. The van der Waals surface area contributed by atoms with Crippen molar-refractivity contribution >= 4 is 11.6 Å². The number of carbonyl (C=O) groups excluding carboxylic acids is 1. The topological polar surface area (TPSA) is 77.0 Å². The van der Waals surface area contributed by atoms with Crippen LogP contribution in [0.4, 0.5) is 18.9 Å². The average molecular weight is 374 g/mol. The van der Waals surface area contributed by atoms with Gasteiger partial charge in [-0.25, -0.2) is 15.0 Å². The molecule has 0 saturated heterocycles. The third-order valence-corrected chi connectivity index (χ3v) is 3.29. The van der Waals surface area contributed by atoms with Gasteiger partial charge in [-0.3, -0.25) is 4.79 Å². The number of alkyl halides is 3. The van der Waals surface area contributed by atoms with Gasteiger partial charge in [-0.2, -0.15) is 13.2 Å². The number of ether oxygens (including phenoxy) is 1. The predicted octanol–water partition coefficient (Wildman–Crippen LogP) is 4.24. The first kappa shape index (κ1) is 18.3. The normalized spacial score (nSPS) is 11.1. The summed E-state index contributed by atoms with van der Waals surface area (Å²) in [4.78, 5) is 22.9. The van der Waals surface area contributed by atoms with E-state index in [2.05, 4.69) is 20.3 Å². The Bertz CT molecular complexity index is 962. The fraction of sp³-hybridized carbons (Fsp3) is 0.111. The van der Waals surface area contributed by atoms with Gasteiger partial charge in [0.2, 0.25) is 11.7 Å². The smallest absolute Gasteiger partial charge is 0.439 e. The first-order valence-electron chi connectivity index (χ1n) is 7.74. The molecule has 9 heteroatoms. The number of hydrogen-bond donors (Lipinski definition) is 1. The van der Waals surface area contributed by atoms with E-state index in [-0.39, 0.29) is 11.4 Å². The first-order valence-corrected chi connectivity index (χ1v) is 7.74. The molecule has 3 rings (SSSR count). The lowest BCUT2D eigenvalue weighted by atomic mass is 10.2. The molecule has 0 bridgehead atoms. The van der Waals surface area contributed by atoms with E-state index in [1.807, 2.05) is 0 Å². The van der Waals surface area contributed by atoms with Gasteiger partial charge in [-0.05, 0) is 31.2 Å². The quantitative estimate of drug-likeness (QED) is 0.739. The number of benzene rings is 1. The van der Waals surface area contributed by atoms with Crippen LogP contribution in [0.2, 0.25) is 0 Å². The Morgan fingerprint density at radius 2 is 1.89 bits per heavy atom. The summed E-state index contributed by atoms with van der Waals surface area (Å²) in [6.45, 7) is 1.36. The van der Waals surface area contributed by atoms with Gasteiger partial charge in [0.15, 0.2) is 0 Å². The van der Waals surface area contributed by atoms with E-state index in [9.17, 15) is 18.0 Å². The van der Waals surface area contributed by atoms with Crippen LogP contribution >= 0.6 is 0 Å². The highest BCUT2D eigenvalue weighted by Crippen LogP contribution is 2.27. The SMILES string of the molecule is Cc1cc(C(=O)Nc2cccc(Oc3ccccn3)c2)nc(C(F)(F)F)n1. The van der Waals surface area contributed by atoms with E-state index in [0.717, 1.165) is 0 Å². The van der Waals surface area contributed by atoms with Crippen LogP contribution in [0.5, 0.6) is 11.6 Å². The van der Waals surface area contributed by atoms with Crippen molar-refractivity contribution in [2.75, 3.05) is 5.32 Å². The van der Waals surface area contributed by atoms with E-state index in [1.165, 1.54) is 19.1 Å².